The second-order valence-electron chi connectivity index (χ2n) is 37.1. The van der Waals surface area contributed by atoms with Crippen LogP contribution in [0.15, 0.2) is 244 Å². The van der Waals surface area contributed by atoms with Gasteiger partial charge in [-0.05, 0) is 266 Å². The van der Waals surface area contributed by atoms with E-state index >= 15 is 0 Å². The zero-order valence-corrected chi connectivity index (χ0v) is 81.6. The van der Waals surface area contributed by atoms with E-state index in [1.165, 1.54) is 98.3 Å². The zero-order valence-electron chi connectivity index (χ0n) is 80.8. The molecule has 15 heterocycles. The van der Waals surface area contributed by atoms with Crippen molar-refractivity contribution in [3.05, 3.63) is 318 Å². The van der Waals surface area contributed by atoms with Gasteiger partial charge in [0.25, 0.3) is 29.5 Å². The van der Waals surface area contributed by atoms with Gasteiger partial charge in [0.05, 0.1) is 76.2 Å². The molecule has 150 heavy (non-hydrogen) atoms. The van der Waals surface area contributed by atoms with Crippen molar-refractivity contribution < 1.29 is 55.1 Å². The lowest BCUT2D eigenvalue weighted by molar-refractivity contribution is 0.0859. The lowest BCUT2D eigenvalue weighted by Crippen LogP contribution is -2.43. The molecule has 5 aliphatic rings. The molecule has 1 unspecified atom stereocenters. The van der Waals surface area contributed by atoms with Crippen molar-refractivity contribution in [3.8, 4) is 61.8 Å². The predicted molar refractivity (Wildman–Crippen MR) is 557 cm³/mol. The summed E-state index contributed by atoms with van der Waals surface area (Å²) in [5.41, 5.74) is 14.0. The van der Waals surface area contributed by atoms with Gasteiger partial charge in [-0.25, -0.2) is 31.3 Å². The first-order valence-corrected chi connectivity index (χ1v) is 49.4. The number of fused-ring (bicyclic) bond motifs is 7. The van der Waals surface area contributed by atoms with Gasteiger partial charge in [0.2, 0.25) is 6.36 Å². The molecule has 5 amide bonds. The first-order valence-electron chi connectivity index (χ1n) is 49.0. The summed E-state index contributed by atoms with van der Waals surface area (Å²) >= 11 is 5.89. The number of amides is 5. The van der Waals surface area contributed by atoms with E-state index in [1.807, 2.05) is 99.6 Å². The molecule has 1 atom stereocenters. The number of nitrogens with zero attached hydrogens (tertiary/aromatic N) is 17. The van der Waals surface area contributed by atoms with Crippen LogP contribution in [0.1, 0.15) is 141 Å². The number of benzene rings is 10. The van der Waals surface area contributed by atoms with Crippen molar-refractivity contribution in [2.45, 2.75) is 109 Å². The van der Waals surface area contributed by atoms with Gasteiger partial charge in [-0.3, -0.25) is 63.5 Å². The number of aromatic amines is 5. The fraction of sp³-hybridized carbons (Fsp3) is 0.222. The van der Waals surface area contributed by atoms with Crippen molar-refractivity contribution in [1.82, 2.24) is 120 Å². The van der Waals surface area contributed by atoms with Crippen LogP contribution in [0.5, 0.6) is 5.75 Å². The summed E-state index contributed by atoms with van der Waals surface area (Å²) in [6, 6.07) is 54.4. The van der Waals surface area contributed by atoms with Crippen molar-refractivity contribution in [1.29, 1.82) is 0 Å². The lowest BCUT2D eigenvalue weighted by atomic mass is 10.0. The van der Waals surface area contributed by atoms with Gasteiger partial charge in [0.1, 0.15) is 46.5 Å². The molecule has 10 aromatic heterocycles. The van der Waals surface area contributed by atoms with Crippen LogP contribution in [0, 0.1) is 29.1 Å². The molecule has 0 radical (unpaired) electrons. The van der Waals surface area contributed by atoms with E-state index in [0.29, 0.717) is 112 Å². The maximum absolute atomic E-state index is 14.9. The van der Waals surface area contributed by atoms with E-state index in [9.17, 15) is 50.3 Å². The van der Waals surface area contributed by atoms with Crippen LogP contribution in [0.25, 0.3) is 111 Å². The number of hydrogen-bond acceptors (Lipinski definition) is 20. The minimum Gasteiger partial charge on any atom is -0.461 e. The molecule has 0 spiro atoms. The topological polar surface area (TPSA) is 427 Å². The highest BCUT2D eigenvalue weighted by Gasteiger charge is 2.30. The summed E-state index contributed by atoms with van der Waals surface area (Å²) in [5, 5.41) is 81.0. The number of hydrogen-bond donors (Lipinski definition) is 12. The molecule has 760 valence electrons. The Morgan fingerprint density at radius 2 is 0.773 bits per heavy atom. The largest absolute Gasteiger partial charge is 0.461 e. The number of H-pyrrole nitrogens is 5. The van der Waals surface area contributed by atoms with E-state index in [0.717, 1.165) is 183 Å². The highest BCUT2D eigenvalue weighted by molar-refractivity contribution is 6.30. The third-order valence-corrected chi connectivity index (χ3v) is 27.2. The van der Waals surface area contributed by atoms with E-state index in [1.54, 1.807) is 73.1 Å². The number of likely N-dealkylation sites (tertiary alicyclic amines) is 1. The number of piperidine rings is 2. The Hall–Kier alpha value is -17.6. The van der Waals surface area contributed by atoms with E-state index < -0.39 is 35.6 Å². The standard InChI is InChI=1S/C23H22F2N6O.C22H20ClFN6O.C22H21FN6O2.C21H18FN5O.C20H17FN6O/c1-30-8-6-17(7-9-30)31-13-14(12-26-31)18-10-19-21(11-20(18)25)28-29-22(19)23(32)27-16-4-2-15(24)3-5-16;23-14-1-3-15(4-2-14)27-22(31)21-18-9-17(19(24)10-20(18)28-29-21)13-11-26-30(12-13)16-5-7-25-8-6-16;1-13(23)31-18-5-3-16(4-6-18)26-22(30)21-19-8-14(2-7-20(19)27-28-21)15-9-25-29(12-15)17-10-24-11-17;22-14-5-7-15(8-6-14)24-21(28)20-16-11-13(4-9-17(16)25-26-20)18-12-23-19-3-1-2-10-27(18)19;21-13-5-7-14(8-6-13)22-20(28)18-15-11-12(4-9-16(15)23-25-18)19-26-24-17-3-1-2-10-27(17)19/h2-5,10-13,17H,6-9H2,1H3,(H,27,32)(H,28,29);1-4,9-12,16,25H,5-8H2,(H,27,31)(H,28,29);2-9,12-13,17,24H,10-11H2,1H3,(H,26,30)(H,27,28);4-9,11-12H,1-3,10H2,(H,24,28)(H,25,26);4-9,11H,1-3,10H2,(H,22,28)(H,23,25). The van der Waals surface area contributed by atoms with Crippen LogP contribution < -0.4 is 42.0 Å². The molecule has 5 aliphatic heterocycles. The molecular weight excluding hydrogens is 1950 g/mol. The number of ether oxygens (including phenoxy) is 1. The van der Waals surface area contributed by atoms with E-state index in [4.69, 9.17) is 16.3 Å². The van der Waals surface area contributed by atoms with Gasteiger partial charge >= 0.3 is 0 Å². The van der Waals surface area contributed by atoms with Gasteiger partial charge in [0.15, 0.2) is 34.3 Å². The number of anilines is 5. The molecule has 10 aromatic carbocycles. The van der Waals surface area contributed by atoms with Gasteiger partial charge in [-0.1, -0.05) is 23.7 Å². The SMILES string of the molecule is CC(F)Oc1ccc(NC(=O)c2n[nH]c3ccc(-c4cnn(C5CNC5)c4)cc23)cc1.CN1CCC(n2cc(-c3cc4c(C(=O)Nc5ccc(F)cc5)n[nH]c4cc3F)cn2)CC1.O=C(Nc1ccc(Cl)cc1)c1n[nH]c2cc(F)c(-c3cnn(C4CCNCC4)c3)cc12.O=C(Nc1ccc(F)cc1)c1n[nH]c2ccc(-c3cnc4n3CCCC4)cc12.O=C(Nc1ccc(F)cc1)c1n[nH]c2ccc(-c3nnc4n3CCCC4)cc12. The van der Waals surface area contributed by atoms with Crippen LogP contribution in [0.3, 0.4) is 0 Å². The highest BCUT2D eigenvalue weighted by atomic mass is 35.5. The minimum absolute atomic E-state index is 0.133. The van der Waals surface area contributed by atoms with Crippen LogP contribution in [-0.4, -0.2) is 192 Å². The summed E-state index contributed by atoms with van der Waals surface area (Å²) in [5.74, 6) is -0.514. The smallest absolute Gasteiger partial charge is 0.276 e. The average molecular weight is 2050 g/mol. The number of alkyl halides is 1. The fourth-order valence-electron chi connectivity index (χ4n) is 18.8. The Balaban J connectivity index is 0.000000110. The molecule has 20 aromatic rings. The summed E-state index contributed by atoms with van der Waals surface area (Å²) in [6.07, 6.45) is 21.9. The number of halogens is 7. The van der Waals surface area contributed by atoms with Crippen LogP contribution in [0.2, 0.25) is 5.02 Å². The van der Waals surface area contributed by atoms with Crippen LogP contribution >= 0.6 is 11.6 Å². The second-order valence-corrected chi connectivity index (χ2v) is 37.5. The Bertz CT molecular complexity index is 8150. The van der Waals surface area contributed by atoms with Crippen molar-refractivity contribution >= 4 is 124 Å². The van der Waals surface area contributed by atoms with Crippen molar-refractivity contribution in [3.63, 3.8) is 0 Å². The highest BCUT2D eigenvalue weighted by Crippen LogP contribution is 2.38. The van der Waals surface area contributed by atoms with Gasteiger partial charge in [-0.15, -0.1) is 10.2 Å². The molecule has 3 fully saturated rings. The Labute approximate surface area is 855 Å². The summed E-state index contributed by atoms with van der Waals surface area (Å²) in [7, 11) is 2.10. The molecule has 25 rings (SSSR count). The quantitative estimate of drug-likeness (QED) is 0.0315. The molecule has 0 bridgehead atoms. The fourth-order valence-corrected chi connectivity index (χ4v) is 18.9. The Kier molecular flexibility index (Phi) is 28.6. The second kappa shape index (κ2) is 43.6. The monoisotopic (exact) mass is 2050 g/mol. The first-order chi connectivity index (χ1) is 73.0. The Morgan fingerprint density at radius 3 is 1.23 bits per heavy atom. The lowest BCUT2D eigenvalue weighted by Gasteiger charge is -2.28. The Morgan fingerprint density at radius 1 is 0.387 bits per heavy atom. The summed E-state index contributed by atoms with van der Waals surface area (Å²) in [6.45, 7) is 8.91. The maximum atomic E-state index is 14.9. The van der Waals surface area contributed by atoms with Gasteiger partial charge < -0.3 is 56.0 Å². The number of aromatic nitrogens is 21. The van der Waals surface area contributed by atoms with Crippen molar-refractivity contribution in [2.24, 2.45) is 0 Å². The number of aryl methyl sites for hydroxylation is 2. The number of carbonyl (C=O) groups is 5. The molecule has 3 saturated heterocycles. The third kappa shape index (κ3) is 22.0. The average Bonchev–Trinajstić information content (AvgIpc) is 1.63. The zero-order chi connectivity index (χ0) is 103. The maximum Gasteiger partial charge on any atom is 0.276 e. The van der Waals surface area contributed by atoms with Gasteiger partial charge in [0, 0.05) is 176 Å². The number of imidazole rings is 1. The number of rotatable bonds is 20. The normalized spacial score (nSPS) is 14.4. The minimum atomic E-state index is -1.40. The predicted octanol–water partition coefficient (Wildman–Crippen LogP) is 19.8. The number of carbonyl (C=O) groups excluding carboxylic acids is 5. The van der Waals surface area contributed by atoms with Crippen LogP contribution in [-0.2, 0) is 25.9 Å². The van der Waals surface area contributed by atoms with Gasteiger partial charge in [-0.2, -0.15) is 40.8 Å². The molecule has 35 nitrogen and oxygen atoms in total. The number of nitrogens with one attached hydrogen (secondary N) is 12. The third-order valence-electron chi connectivity index (χ3n) is 26.9. The molecular formula is C108H98ClF6N29O6. The molecule has 0 saturated carbocycles. The molecule has 0 aliphatic carbocycles. The summed E-state index contributed by atoms with van der Waals surface area (Å²) < 4.78 is 97.1. The summed E-state index contributed by atoms with van der Waals surface area (Å²) in [4.78, 5) is 70.6. The van der Waals surface area contributed by atoms with Crippen molar-refractivity contribution in [2.75, 3.05) is 72.9 Å². The van der Waals surface area contributed by atoms with E-state index in [2.05, 4.69) is 140 Å². The molecule has 42 heteroatoms. The van der Waals surface area contributed by atoms with E-state index in [-0.39, 0.29) is 52.5 Å². The first kappa shape index (κ1) is 98.5. The van der Waals surface area contributed by atoms with Crippen LogP contribution in [0.4, 0.5) is 54.8 Å². The molecule has 12 N–H and O–H groups in total.